The summed E-state index contributed by atoms with van der Waals surface area (Å²) in [5, 5.41) is 1.61. The number of benzene rings is 4. The van der Waals surface area contributed by atoms with Crippen molar-refractivity contribution in [3.63, 3.8) is 0 Å². The van der Waals surface area contributed by atoms with E-state index in [-0.39, 0.29) is 5.82 Å². The van der Waals surface area contributed by atoms with Crippen molar-refractivity contribution in [3.05, 3.63) is 118 Å². The van der Waals surface area contributed by atoms with Crippen LogP contribution in [0.15, 0.2) is 78.9 Å². The topological polar surface area (TPSA) is 0 Å². The molecule has 0 aromatic heterocycles. The zero-order valence-corrected chi connectivity index (χ0v) is 23.2. The highest BCUT2D eigenvalue weighted by molar-refractivity contribution is 5.85. The predicted octanol–water partition coefficient (Wildman–Crippen LogP) is 10.0. The van der Waals surface area contributed by atoms with Gasteiger partial charge in [0.15, 0.2) is 0 Å². The summed E-state index contributed by atoms with van der Waals surface area (Å²) in [6.45, 7) is 4.45. The molecule has 0 atom stereocenters. The molecule has 0 aliphatic rings. The Morgan fingerprint density at radius 1 is 0.526 bits per heavy atom. The molecular weight excluding hydrogens is 463 g/mol. The number of hydrogen-bond acceptors (Lipinski definition) is 0. The second-order valence-electron chi connectivity index (χ2n) is 10.5. The summed E-state index contributed by atoms with van der Waals surface area (Å²) in [5.74, 6) is 6.47. The maximum atomic E-state index is 15.1. The summed E-state index contributed by atoms with van der Waals surface area (Å²) < 4.78 is 15.1. The molecule has 4 rings (SSSR count). The molecule has 0 saturated carbocycles. The molecule has 0 spiro atoms. The minimum absolute atomic E-state index is 0.0690. The van der Waals surface area contributed by atoms with Gasteiger partial charge in [-0.25, -0.2) is 4.39 Å². The fraction of sp³-hybridized carbons (Fsp3) is 0.351. The minimum Gasteiger partial charge on any atom is -0.206 e. The number of halogens is 1. The molecule has 0 bridgehead atoms. The smallest absolute Gasteiger partial charge is 0.134 e. The molecule has 0 fully saturated rings. The fourth-order valence-corrected chi connectivity index (χ4v) is 4.97. The lowest BCUT2D eigenvalue weighted by molar-refractivity contribution is 0.595. The molecule has 4 aromatic carbocycles. The summed E-state index contributed by atoms with van der Waals surface area (Å²) in [4.78, 5) is 0. The first-order chi connectivity index (χ1) is 18.7. The number of unbranched alkanes of at least 4 members (excludes halogenated alkanes) is 5. The van der Waals surface area contributed by atoms with E-state index in [9.17, 15) is 0 Å². The van der Waals surface area contributed by atoms with E-state index < -0.39 is 0 Å². The van der Waals surface area contributed by atoms with Gasteiger partial charge in [0.1, 0.15) is 5.82 Å². The first kappa shape index (κ1) is 27.7. The quantitative estimate of drug-likeness (QED) is 0.133. The summed E-state index contributed by atoms with van der Waals surface area (Å²) in [5.41, 5.74) is 6.90. The lowest BCUT2D eigenvalue weighted by Crippen LogP contribution is -1.93. The monoisotopic (exact) mass is 504 g/mol. The maximum Gasteiger partial charge on any atom is 0.134 e. The van der Waals surface area contributed by atoms with Crippen LogP contribution in [-0.2, 0) is 25.7 Å². The van der Waals surface area contributed by atoms with Gasteiger partial charge in [0, 0.05) is 16.5 Å². The summed E-state index contributed by atoms with van der Waals surface area (Å²) >= 11 is 0. The Morgan fingerprint density at radius 3 is 1.79 bits per heavy atom. The molecule has 4 aromatic rings. The van der Waals surface area contributed by atoms with E-state index >= 15 is 4.39 Å². The molecule has 0 aliphatic carbocycles. The van der Waals surface area contributed by atoms with Crippen LogP contribution in [-0.4, -0.2) is 0 Å². The van der Waals surface area contributed by atoms with Crippen LogP contribution in [0.2, 0.25) is 0 Å². The van der Waals surface area contributed by atoms with Crippen LogP contribution >= 0.6 is 0 Å². The third kappa shape index (κ3) is 8.06. The average Bonchev–Trinajstić information content (AvgIpc) is 2.96. The van der Waals surface area contributed by atoms with Crippen LogP contribution in [0.3, 0.4) is 0 Å². The molecule has 0 amide bonds. The predicted molar refractivity (Wildman–Crippen MR) is 161 cm³/mol. The Hall–Kier alpha value is -3.37. The van der Waals surface area contributed by atoms with Crippen molar-refractivity contribution in [1.29, 1.82) is 0 Å². The van der Waals surface area contributed by atoms with Crippen molar-refractivity contribution < 1.29 is 4.39 Å². The first-order valence-electron chi connectivity index (χ1n) is 14.6. The van der Waals surface area contributed by atoms with E-state index in [0.29, 0.717) is 5.39 Å². The van der Waals surface area contributed by atoms with Crippen molar-refractivity contribution in [3.8, 4) is 11.8 Å². The van der Waals surface area contributed by atoms with E-state index in [1.807, 2.05) is 30.3 Å². The second kappa shape index (κ2) is 14.5. The van der Waals surface area contributed by atoms with E-state index in [2.05, 4.69) is 74.2 Å². The SMILES string of the molecule is CCCCCCCc1ccc2cc(C#Cc3ccc(CCc4ccc(CCCC)cc4)cc3)ccc2c1F. The van der Waals surface area contributed by atoms with Crippen LogP contribution in [0.5, 0.6) is 0 Å². The van der Waals surface area contributed by atoms with Crippen molar-refractivity contribution in [1.82, 2.24) is 0 Å². The van der Waals surface area contributed by atoms with E-state index in [0.717, 1.165) is 47.8 Å². The highest BCUT2D eigenvalue weighted by Crippen LogP contribution is 2.24. The lowest BCUT2D eigenvalue weighted by atomic mass is 9.99. The molecule has 38 heavy (non-hydrogen) atoms. The van der Waals surface area contributed by atoms with Gasteiger partial charge in [0.05, 0.1) is 0 Å². The summed E-state index contributed by atoms with van der Waals surface area (Å²) in [6, 6.07) is 27.5. The zero-order valence-electron chi connectivity index (χ0n) is 23.2. The van der Waals surface area contributed by atoms with Gasteiger partial charge < -0.3 is 0 Å². The second-order valence-corrected chi connectivity index (χ2v) is 10.5. The van der Waals surface area contributed by atoms with Gasteiger partial charge in [-0.15, -0.1) is 0 Å². The highest BCUT2D eigenvalue weighted by atomic mass is 19.1. The molecule has 0 heterocycles. The zero-order chi connectivity index (χ0) is 26.6. The first-order valence-corrected chi connectivity index (χ1v) is 14.6. The number of aryl methyl sites for hydroxylation is 4. The van der Waals surface area contributed by atoms with Gasteiger partial charge in [0.2, 0.25) is 0 Å². The molecule has 0 unspecified atom stereocenters. The molecule has 0 saturated heterocycles. The normalized spacial score (nSPS) is 10.9. The summed E-state index contributed by atoms with van der Waals surface area (Å²) in [6.07, 6.45) is 12.5. The highest BCUT2D eigenvalue weighted by Gasteiger charge is 2.08. The standard InChI is InChI=1S/C37H41F/c1-3-5-7-8-9-11-34-25-26-35-28-33(24-27-36(35)37(34)38)23-22-32-20-18-31(19-21-32)17-16-30-14-12-29(13-15-30)10-6-4-2/h12-15,18-21,24-28H,3-11,16-17H2,1-2H3. The van der Waals surface area contributed by atoms with E-state index in [1.165, 1.54) is 61.6 Å². The van der Waals surface area contributed by atoms with Crippen LogP contribution in [0.4, 0.5) is 4.39 Å². The largest absolute Gasteiger partial charge is 0.206 e. The van der Waals surface area contributed by atoms with Crippen LogP contribution in [0.25, 0.3) is 10.8 Å². The Kier molecular flexibility index (Phi) is 10.6. The Bertz CT molecular complexity index is 1350. The number of fused-ring (bicyclic) bond motifs is 1. The number of hydrogen-bond donors (Lipinski definition) is 0. The Labute approximate surface area is 229 Å². The molecule has 0 radical (unpaired) electrons. The van der Waals surface area contributed by atoms with Gasteiger partial charge in [-0.2, -0.15) is 0 Å². The molecule has 196 valence electrons. The molecule has 1 heteroatoms. The van der Waals surface area contributed by atoms with Gasteiger partial charge >= 0.3 is 0 Å². The van der Waals surface area contributed by atoms with Gasteiger partial charge in [0.25, 0.3) is 0 Å². The van der Waals surface area contributed by atoms with Gasteiger partial charge in [-0.3, -0.25) is 0 Å². The third-order valence-corrected chi connectivity index (χ3v) is 7.43. The third-order valence-electron chi connectivity index (χ3n) is 7.43. The molecule has 0 nitrogen and oxygen atoms in total. The Balaban J connectivity index is 1.33. The molecule has 0 N–H and O–H groups in total. The van der Waals surface area contributed by atoms with Crippen molar-refractivity contribution >= 4 is 10.8 Å². The van der Waals surface area contributed by atoms with E-state index in [4.69, 9.17) is 0 Å². The minimum atomic E-state index is -0.0690. The average molecular weight is 505 g/mol. The molecule has 0 aliphatic heterocycles. The van der Waals surface area contributed by atoms with Crippen molar-refractivity contribution in [2.45, 2.75) is 84.5 Å². The van der Waals surface area contributed by atoms with Gasteiger partial charge in [-0.05, 0) is 90.4 Å². The lowest BCUT2D eigenvalue weighted by Gasteiger charge is -2.07. The summed E-state index contributed by atoms with van der Waals surface area (Å²) in [7, 11) is 0. The van der Waals surface area contributed by atoms with Crippen molar-refractivity contribution in [2.75, 3.05) is 0 Å². The van der Waals surface area contributed by atoms with Crippen molar-refractivity contribution in [2.24, 2.45) is 0 Å². The van der Waals surface area contributed by atoms with E-state index in [1.54, 1.807) is 0 Å². The maximum absolute atomic E-state index is 15.1. The molecular formula is C37H41F. The van der Waals surface area contributed by atoms with Crippen LogP contribution < -0.4 is 0 Å². The van der Waals surface area contributed by atoms with Crippen LogP contribution in [0.1, 0.15) is 92.2 Å². The Morgan fingerprint density at radius 2 is 1.11 bits per heavy atom. The van der Waals surface area contributed by atoms with Gasteiger partial charge in [-0.1, -0.05) is 112 Å². The number of rotatable bonds is 12. The fourth-order valence-electron chi connectivity index (χ4n) is 4.97. The van der Waals surface area contributed by atoms with Crippen LogP contribution in [0, 0.1) is 17.7 Å².